The fraction of sp³-hybridized carbons (Fsp3) is 0.200. The molecular weight excluding hydrogens is 893 g/mol. The van der Waals surface area contributed by atoms with Gasteiger partial charge in [0.1, 0.15) is 35.5 Å². The molecule has 3 atom stereocenters. The van der Waals surface area contributed by atoms with Crippen molar-refractivity contribution >= 4 is 69.4 Å². The number of nitrogens with one attached hydrogen (secondary N) is 2. The highest BCUT2D eigenvalue weighted by Crippen LogP contribution is 2.47. The molecule has 3 aliphatic heterocycles. The second-order valence-corrected chi connectivity index (χ2v) is 18.7. The van der Waals surface area contributed by atoms with Gasteiger partial charge in [-0.05, 0) is 34.2 Å². The molecule has 2 saturated heterocycles. The maximum atomic E-state index is 14.6. The Labute approximate surface area is 394 Å². The second kappa shape index (κ2) is 19.8. The van der Waals surface area contributed by atoms with Gasteiger partial charge in [0, 0.05) is 16.0 Å². The van der Waals surface area contributed by atoms with Gasteiger partial charge in [-0.15, -0.1) is 34.9 Å². The molecule has 3 amide bonds. The van der Waals surface area contributed by atoms with Gasteiger partial charge in [0.15, 0.2) is 16.9 Å². The predicted molar refractivity (Wildman–Crippen MR) is 256 cm³/mol. The van der Waals surface area contributed by atoms with E-state index in [1.165, 1.54) is 59.0 Å². The maximum absolute atomic E-state index is 14.6. The van der Waals surface area contributed by atoms with Crippen molar-refractivity contribution in [2.24, 2.45) is 5.16 Å². The number of β-lactam (4-membered cyclic amide) rings is 1. The van der Waals surface area contributed by atoms with Crippen LogP contribution in [0.4, 0.5) is 5.13 Å². The normalized spacial score (nSPS) is 18.5. The molecule has 334 valence electrons. The van der Waals surface area contributed by atoms with Crippen LogP contribution in [0.2, 0.25) is 0 Å². The molecule has 0 saturated carbocycles. The zero-order chi connectivity index (χ0) is 45.6. The summed E-state index contributed by atoms with van der Waals surface area (Å²) in [5.74, 6) is -1.88. The largest absolute Gasteiger partial charge is 0.448 e. The molecule has 6 aromatic rings. The highest BCUT2D eigenvalue weighted by molar-refractivity contribution is 8.07. The number of fused-ring (bicyclic) bond motifs is 1. The Bertz CT molecular complexity index is 2630. The number of benzene rings is 5. The van der Waals surface area contributed by atoms with Crippen LogP contribution in [-0.2, 0) is 39.1 Å². The molecule has 4 heterocycles. The van der Waals surface area contributed by atoms with Gasteiger partial charge in [-0.3, -0.25) is 24.1 Å². The van der Waals surface area contributed by atoms with Crippen molar-refractivity contribution in [1.82, 2.24) is 20.3 Å². The molecule has 66 heavy (non-hydrogen) atoms. The number of hydrogen-bond donors (Lipinski definition) is 2. The predicted octanol–water partition coefficient (Wildman–Crippen LogP) is 7.74. The van der Waals surface area contributed by atoms with E-state index in [1.807, 2.05) is 115 Å². The van der Waals surface area contributed by atoms with Gasteiger partial charge in [0.2, 0.25) is 0 Å². The lowest BCUT2D eigenvalue weighted by Gasteiger charge is -2.49. The van der Waals surface area contributed by atoms with E-state index in [0.717, 1.165) is 27.8 Å². The van der Waals surface area contributed by atoms with E-state index in [4.69, 9.17) is 19.4 Å². The van der Waals surface area contributed by atoms with Gasteiger partial charge in [-0.2, -0.15) is 0 Å². The molecule has 0 radical (unpaired) electrons. The summed E-state index contributed by atoms with van der Waals surface area (Å²) in [7, 11) is 2.77. The second-order valence-electron chi connectivity index (χ2n) is 15.4. The van der Waals surface area contributed by atoms with Gasteiger partial charge >= 0.3 is 5.97 Å². The third-order valence-corrected chi connectivity index (χ3v) is 15.1. The van der Waals surface area contributed by atoms with Gasteiger partial charge in [-0.25, -0.2) is 14.8 Å². The molecule has 0 aliphatic carbocycles. The summed E-state index contributed by atoms with van der Waals surface area (Å²) in [6, 6.07) is 47.9. The molecule has 1 unspecified atom stereocenters. The smallest absolute Gasteiger partial charge is 0.356 e. The van der Waals surface area contributed by atoms with Crippen LogP contribution in [0.25, 0.3) is 0 Å². The summed E-state index contributed by atoms with van der Waals surface area (Å²) in [6.45, 7) is 0.395. The van der Waals surface area contributed by atoms with Crippen molar-refractivity contribution in [2.75, 3.05) is 31.8 Å². The number of thioether (sulfide) groups is 2. The molecule has 9 rings (SSSR count). The number of carbonyl (C=O) groups is 4. The number of carbonyl (C=O) groups excluding carboxylic acids is 4. The van der Waals surface area contributed by atoms with Crippen molar-refractivity contribution in [2.45, 2.75) is 34.7 Å². The van der Waals surface area contributed by atoms with E-state index in [1.54, 1.807) is 5.38 Å². The Hall–Kier alpha value is -6.72. The molecular formula is C50H44N6O7S3. The van der Waals surface area contributed by atoms with Crippen LogP contribution >= 0.6 is 34.9 Å². The Morgan fingerprint density at radius 3 is 1.85 bits per heavy atom. The number of hydroxylamine groups is 2. The summed E-state index contributed by atoms with van der Waals surface area (Å²) in [5.41, 5.74) is 3.66. The van der Waals surface area contributed by atoms with Crippen molar-refractivity contribution in [3.63, 3.8) is 0 Å². The minimum atomic E-state index is -1.03. The molecule has 0 bridgehead atoms. The molecule has 13 nitrogen and oxygen atoms in total. The van der Waals surface area contributed by atoms with Crippen LogP contribution in [0.5, 0.6) is 0 Å². The number of hydrogen-bond acceptors (Lipinski definition) is 13. The quantitative estimate of drug-likeness (QED) is 0.0323. The van der Waals surface area contributed by atoms with Crippen LogP contribution in [0.1, 0.15) is 46.0 Å². The molecule has 2 fully saturated rings. The minimum absolute atomic E-state index is 0.0412. The molecule has 3 aliphatic rings. The van der Waals surface area contributed by atoms with E-state index in [9.17, 15) is 19.2 Å². The first-order valence-electron chi connectivity index (χ1n) is 21.1. The number of esters is 1. The van der Waals surface area contributed by atoms with Crippen molar-refractivity contribution in [3.8, 4) is 0 Å². The lowest BCUT2D eigenvalue weighted by atomic mass is 9.77. The first-order valence-corrected chi connectivity index (χ1v) is 23.9. The first-order chi connectivity index (χ1) is 32.3. The lowest BCUT2D eigenvalue weighted by molar-refractivity contribution is -0.166. The van der Waals surface area contributed by atoms with E-state index < -0.39 is 46.1 Å². The van der Waals surface area contributed by atoms with Gasteiger partial charge < -0.3 is 20.2 Å². The number of nitrogens with zero attached hydrogens (tertiary/aromatic N) is 4. The van der Waals surface area contributed by atoms with Gasteiger partial charge in [-0.1, -0.05) is 157 Å². The number of oxime groups is 1. The Kier molecular flexibility index (Phi) is 13.3. The topological polar surface area (TPSA) is 152 Å². The summed E-state index contributed by atoms with van der Waals surface area (Å²) in [6.07, 6.45) is -0.305. The highest BCUT2D eigenvalue weighted by atomic mass is 32.2. The maximum Gasteiger partial charge on any atom is 0.356 e. The number of amides is 3. The fourth-order valence-corrected chi connectivity index (χ4v) is 11.9. The van der Waals surface area contributed by atoms with Gasteiger partial charge in [0.05, 0.1) is 18.9 Å². The van der Waals surface area contributed by atoms with Crippen LogP contribution in [-0.4, -0.2) is 87.5 Å². The average molecular weight is 937 g/mol. The monoisotopic (exact) mass is 936 g/mol. The SMILES string of the molecule is CON=C(C(=O)N[C@@H]1C(=O)N2C(C(=O)OC(c3ccccc3)c3ccccc3)=C(SC3CCN(OC)C3=O)CS[C@H]12)c1csc(NC(c2ccccc2)(c2ccccc2)c2ccccc2)n1. The zero-order valence-electron chi connectivity index (χ0n) is 35.8. The third-order valence-electron chi connectivity index (χ3n) is 11.5. The van der Waals surface area contributed by atoms with Crippen molar-refractivity contribution < 1.29 is 33.6 Å². The summed E-state index contributed by atoms with van der Waals surface area (Å²) >= 11 is 3.91. The molecule has 1 aromatic heterocycles. The Morgan fingerprint density at radius 1 is 0.788 bits per heavy atom. The number of aromatic nitrogens is 1. The number of anilines is 1. The summed E-state index contributed by atoms with van der Waals surface area (Å²) < 4.78 is 6.32. The number of rotatable bonds is 16. The Balaban J connectivity index is 0.988. The summed E-state index contributed by atoms with van der Waals surface area (Å²) in [4.78, 5) is 73.6. The zero-order valence-corrected chi connectivity index (χ0v) is 38.3. The van der Waals surface area contributed by atoms with Crippen molar-refractivity contribution in [3.05, 3.63) is 201 Å². The van der Waals surface area contributed by atoms with E-state index >= 15 is 0 Å². The fourth-order valence-electron chi connectivity index (χ4n) is 8.40. The highest BCUT2D eigenvalue weighted by Gasteiger charge is 2.55. The third kappa shape index (κ3) is 8.72. The standard InChI is InChI=1S/C50H44N6O7S3/c1-61-54-40(37-30-65-49(51-37)53-50(34-22-12-5-13-23-34,35-24-14-6-15-25-35)36-26-16-7-17-27-36)44(57)52-41-46(59)56-42(39(31-64-47(41)56)66-38-28-29-55(62-2)45(38)58)48(60)63-43(32-18-8-3-9-19-32)33-20-10-4-11-21-33/h3-27,30,38,41,43,47H,28-29,31H2,1-2H3,(H,51,53)(H,52,57)/t38?,41-,47-/m1/s1. The minimum Gasteiger partial charge on any atom is -0.448 e. The van der Waals surface area contributed by atoms with E-state index in [-0.39, 0.29) is 28.8 Å². The van der Waals surface area contributed by atoms with E-state index in [2.05, 4.69) is 52.2 Å². The Morgan fingerprint density at radius 2 is 1.33 bits per heavy atom. The van der Waals surface area contributed by atoms with Gasteiger partial charge in [0.25, 0.3) is 17.7 Å². The van der Waals surface area contributed by atoms with Crippen LogP contribution in [0.15, 0.2) is 173 Å². The van der Waals surface area contributed by atoms with E-state index in [0.29, 0.717) is 23.0 Å². The lowest BCUT2D eigenvalue weighted by Crippen LogP contribution is -2.71. The molecule has 2 N–H and O–H groups in total. The van der Waals surface area contributed by atoms with Crippen LogP contribution in [0.3, 0.4) is 0 Å². The number of ether oxygens (including phenoxy) is 1. The molecule has 0 spiro atoms. The first kappa shape index (κ1) is 44.5. The van der Waals surface area contributed by atoms with Crippen LogP contribution < -0.4 is 10.6 Å². The average Bonchev–Trinajstić information content (AvgIpc) is 3.99. The molecule has 5 aromatic carbocycles. The molecule has 16 heteroatoms. The van der Waals surface area contributed by atoms with Crippen LogP contribution in [0, 0.1) is 0 Å². The number of thiazole rings is 1. The summed E-state index contributed by atoms with van der Waals surface area (Å²) in [5, 5.41) is 13.0. The van der Waals surface area contributed by atoms with Crippen molar-refractivity contribution in [1.29, 1.82) is 0 Å².